The molecule has 0 saturated heterocycles. The first-order valence-electron chi connectivity index (χ1n) is 4.81. The van der Waals surface area contributed by atoms with E-state index in [1.54, 1.807) is 0 Å². The monoisotopic (exact) mass is 210 g/mol. The third kappa shape index (κ3) is 2.94. The van der Waals surface area contributed by atoms with Gasteiger partial charge < -0.3 is 9.47 Å². The fourth-order valence-electron chi connectivity index (χ4n) is 1.77. The van der Waals surface area contributed by atoms with Gasteiger partial charge in [0, 0.05) is 0 Å². The number of carbonyl (C=O) groups is 2. The summed E-state index contributed by atoms with van der Waals surface area (Å²) >= 11 is 0. The van der Waals surface area contributed by atoms with E-state index < -0.39 is 0 Å². The maximum atomic E-state index is 11.3. The van der Waals surface area contributed by atoms with Gasteiger partial charge in [0.1, 0.15) is 0 Å². The zero-order chi connectivity index (χ0) is 11.3. The summed E-state index contributed by atoms with van der Waals surface area (Å²) in [5, 5.41) is 0. The Bertz CT molecular complexity index is 254. The molecule has 82 valence electrons. The normalized spacial score (nSPS) is 24.3. The minimum absolute atomic E-state index is 0.217. The Morgan fingerprint density at radius 2 is 1.40 bits per heavy atom. The molecule has 0 aromatic rings. The molecule has 2 unspecified atom stereocenters. The molecule has 0 N–H and O–H groups in total. The third-order valence-corrected chi connectivity index (χ3v) is 2.50. The Morgan fingerprint density at radius 3 is 1.73 bits per heavy atom. The molecule has 1 fully saturated rings. The molecule has 1 saturated carbocycles. The number of esters is 2. The standard InChI is InChI=1S/C11H14O4/c1-3-14-10(12)8-5-6-9(7-8)11(13)15-4-2/h3-4,8-9H,1-2,5-7H2. The van der Waals surface area contributed by atoms with Crippen LogP contribution in [0.1, 0.15) is 19.3 Å². The topological polar surface area (TPSA) is 52.6 Å². The predicted molar refractivity (Wildman–Crippen MR) is 53.4 cm³/mol. The highest BCUT2D eigenvalue weighted by molar-refractivity contribution is 5.78. The molecule has 0 bridgehead atoms. The van der Waals surface area contributed by atoms with Crippen molar-refractivity contribution in [2.24, 2.45) is 11.8 Å². The smallest absolute Gasteiger partial charge is 0.313 e. The van der Waals surface area contributed by atoms with E-state index in [1.807, 2.05) is 0 Å². The summed E-state index contributed by atoms with van der Waals surface area (Å²) < 4.78 is 9.33. The molecule has 0 heterocycles. The van der Waals surface area contributed by atoms with Crippen molar-refractivity contribution in [2.75, 3.05) is 0 Å². The van der Waals surface area contributed by atoms with Crippen molar-refractivity contribution in [2.45, 2.75) is 19.3 Å². The van der Waals surface area contributed by atoms with E-state index in [1.165, 1.54) is 0 Å². The zero-order valence-corrected chi connectivity index (χ0v) is 8.48. The van der Waals surface area contributed by atoms with Crippen LogP contribution >= 0.6 is 0 Å². The van der Waals surface area contributed by atoms with Crippen LogP contribution in [0.3, 0.4) is 0 Å². The minimum Gasteiger partial charge on any atom is -0.435 e. The molecule has 2 atom stereocenters. The molecule has 0 aliphatic heterocycles. The van der Waals surface area contributed by atoms with Gasteiger partial charge in [0.2, 0.25) is 0 Å². The largest absolute Gasteiger partial charge is 0.435 e. The van der Waals surface area contributed by atoms with Gasteiger partial charge >= 0.3 is 11.9 Å². The molecule has 4 nitrogen and oxygen atoms in total. The van der Waals surface area contributed by atoms with E-state index in [4.69, 9.17) is 0 Å². The molecule has 15 heavy (non-hydrogen) atoms. The molecule has 1 aliphatic carbocycles. The second-order valence-electron chi connectivity index (χ2n) is 3.41. The lowest BCUT2D eigenvalue weighted by molar-refractivity contribution is -0.144. The van der Waals surface area contributed by atoms with Crippen LogP contribution in [-0.4, -0.2) is 11.9 Å². The van der Waals surface area contributed by atoms with Crippen molar-refractivity contribution >= 4 is 11.9 Å². The molecular weight excluding hydrogens is 196 g/mol. The number of hydrogen-bond donors (Lipinski definition) is 0. The molecule has 0 radical (unpaired) electrons. The Balaban J connectivity index is 2.44. The second kappa shape index (κ2) is 5.34. The van der Waals surface area contributed by atoms with Crippen LogP contribution in [0.25, 0.3) is 0 Å². The van der Waals surface area contributed by atoms with E-state index in [0.717, 1.165) is 12.5 Å². The summed E-state index contributed by atoms with van der Waals surface area (Å²) in [5.41, 5.74) is 0. The van der Waals surface area contributed by atoms with Crippen molar-refractivity contribution in [3.63, 3.8) is 0 Å². The molecule has 1 rings (SSSR count). The summed E-state index contributed by atoms with van der Waals surface area (Å²) in [6.45, 7) is 6.62. The van der Waals surface area contributed by atoms with Crippen LogP contribution in [0, 0.1) is 11.8 Å². The highest BCUT2D eigenvalue weighted by Gasteiger charge is 2.35. The number of ether oxygens (including phenoxy) is 2. The molecule has 1 aliphatic rings. The third-order valence-electron chi connectivity index (χ3n) is 2.50. The zero-order valence-electron chi connectivity index (χ0n) is 8.48. The fourth-order valence-corrected chi connectivity index (χ4v) is 1.77. The minimum atomic E-state index is -0.320. The van der Waals surface area contributed by atoms with Gasteiger partial charge in [0.05, 0.1) is 24.4 Å². The highest BCUT2D eigenvalue weighted by atomic mass is 16.5. The highest BCUT2D eigenvalue weighted by Crippen LogP contribution is 2.32. The van der Waals surface area contributed by atoms with E-state index in [-0.39, 0.29) is 23.8 Å². The molecule has 0 spiro atoms. The van der Waals surface area contributed by atoms with Crippen molar-refractivity contribution in [3.8, 4) is 0 Å². The summed E-state index contributed by atoms with van der Waals surface area (Å²) in [4.78, 5) is 22.6. The van der Waals surface area contributed by atoms with Gasteiger partial charge in [-0.15, -0.1) is 0 Å². The van der Waals surface area contributed by atoms with E-state index in [2.05, 4.69) is 22.6 Å². The van der Waals surface area contributed by atoms with Crippen LogP contribution in [0.2, 0.25) is 0 Å². The Morgan fingerprint density at radius 1 is 1.00 bits per heavy atom. The van der Waals surface area contributed by atoms with E-state index >= 15 is 0 Å². The van der Waals surface area contributed by atoms with E-state index in [9.17, 15) is 9.59 Å². The van der Waals surface area contributed by atoms with Gasteiger partial charge in [0.15, 0.2) is 0 Å². The van der Waals surface area contributed by atoms with Gasteiger partial charge in [-0.05, 0) is 19.3 Å². The lowest BCUT2D eigenvalue weighted by Crippen LogP contribution is -2.16. The van der Waals surface area contributed by atoms with Crippen LogP contribution in [0.15, 0.2) is 25.7 Å². The SMILES string of the molecule is C=COC(=O)C1CCC(C(=O)OC=C)C1. The van der Waals surface area contributed by atoms with Gasteiger partial charge in [-0.1, -0.05) is 13.2 Å². The summed E-state index contributed by atoms with van der Waals surface area (Å²) in [6.07, 6.45) is 4.02. The van der Waals surface area contributed by atoms with Crippen molar-refractivity contribution in [1.82, 2.24) is 0 Å². The molecular formula is C11H14O4. The summed E-state index contributed by atoms with van der Waals surface area (Å²) in [5.74, 6) is -1.08. The fraction of sp³-hybridized carbons (Fsp3) is 0.455. The van der Waals surface area contributed by atoms with Crippen molar-refractivity contribution < 1.29 is 19.1 Å². The van der Waals surface area contributed by atoms with Crippen molar-refractivity contribution in [1.29, 1.82) is 0 Å². The van der Waals surface area contributed by atoms with Crippen molar-refractivity contribution in [3.05, 3.63) is 25.7 Å². The first-order chi connectivity index (χ1) is 7.19. The molecule has 0 aromatic heterocycles. The van der Waals surface area contributed by atoms with Gasteiger partial charge in [0.25, 0.3) is 0 Å². The molecule has 4 heteroatoms. The Kier molecular flexibility index (Phi) is 4.09. The molecule has 0 aromatic carbocycles. The second-order valence-corrected chi connectivity index (χ2v) is 3.41. The maximum absolute atomic E-state index is 11.3. The summed E-state index contributed by atoms with van der Waals surface area (Å²) in [7, 11) is 0. The number of rotatable bonds is 4. The average molecular weight is 210 g/mol. The number of carbonyl (C=O) groups excluding carboxylic acids is 2. The van der Waals surface area contributed by atoms with Gasteiger partial charge in [-0.3, -0.25) is 9.59 Å². The van der Waals surface area contributed by atoms with Crippen LogP contribution in [0.5, 0.6) is 0 Å². The Hall–Kier alpha value is -1.58. The average Bonchev–Trinajstić information content (AvgIpc) is 2.67. The lowest BCUT2D eigenvalue weighted by atomic mass is 10.1. The number of hydrogen-bond acceptors (Lipinski definition) is 4. The Labute approximate surface area is 88.6 Å². The van der Waals surface area contributed by atoms with Crippen LogP contribution in [0.4, 0.5) is 0 Å². The predicted octanol–water partition coefficient (Wildman–Crippen LogP) is 1.78. The first-order valence-corrected chi connectivity index (χ1v) is 4.81. The van der Waals surface area contributed by atoms with Gasteiger partial charge in [-0.2, -0.15) is 0 Å². The maximum Gasteiger partial charge on any atom is 0.313 e. The van der Waals surface area contributed by atoms with Crippen LogP contribution < -0.4 is 0 Å². The van der Waals surface area contributed by atoms with Gasteiger partial charge in [-0.25, -0.2) is 0 Å². The quantitative estimate of drug-likeness (QED) is 0.524. The first kappa shape index (κ1) is 11.5. The van der Waals surface area contributed by atoms with Crippen LogP contribution in [-0.2, 0) is 19.1 Å². The lowest BCUT2D eigenvalue weighted by Gasteiger charge is -2.07. The molecule has 0 amide bonds. The van der Waals surface area contributed by atoms with E-state index in [0.29, 0.717) is 19.3 Å². The summed E-state index contributed by atoms with van der Waals surface area (Å²) in [6, 6.07) is 0.